The Hall–Kier alpha value is -2.90. The van der Waals surface area contributed by atoms with Gasteiger partial charge in [-0.25, -0.2) is 0 Å². The Morgan fingerprint density at radius 1 is 1.08 bits per heavy atom. The molecule has 0 unspecified atom stereocenters. The number of anilines is 1. The van der Waals surface area contributed by atoms with E-state index in [4.69, 9.17) is 14.2 Å². The third kappa shape index (κ3) is 4.34. The van der Waals surface area contributed by atoms with Crippen molar-refractivity contribution in [3.05, 3.63) is 48.0 Å². The van der Waals surface area contributed by atoms with E-state index in [0.29, 0.717) is 30.5 Å². The largest absolute Gasteiger partial charge is 0.486 e. The van der Waals surface area contributed by atoms with Gasteiger partial charge in [0, 0.05) is 11.8 Å². The van der Waals surface area contributed by atoms with Crippen molar-refractivity contribution in [3.8, 4) is 17.2 Å². The molecule has 3 rings (SSSR count). The van der Waals surface area contributed by atoms with Crippen LogP contribution in [-0.4, -0.2) is 25.7 Å². The molecule has 1 amide bonds. The summed E-state index contributed by atoms with van der Waals surface area (Å²) in [4.78, 5) is 11.9. The van der Waals surface area contributed by atoms with Gasteiger partial charge in [0.1, 0.15) is 19.0 Å². The predicted molar refractivity (Wildman–Crippen MR) is 83.0 cm³/mol. The Balaban J connectivity index is 1.58. The van der Waals surface area contributed by atoms with Gasteiger partial charge in [0.2, 0.25) is 0 Å². The molecule has 0 atom stereocenters. The summed E-state index contributed by atoms with van der Waals surface area (Å²) in [5.41, 5.74) is -0.788. The predicted octanol–water partition coefficient (Wildman–Crippen LogP) is 3.49. The zero-order chi connectivity index (χ0) is 17.9. The molecule has 2 aromatic rings. The highest BCUT2D eigenvalue weighted by atomic mass is 19.4. The van der Waals surface area contributed by atoms with E-state index in [1.807, 2.05) is 0 Å². The molecule has 132 valence electrons. The maximum absolute atomic E-state index is 12.7. The number of benzene rings is 2. The number of fused-ring (bicyclic) bond motifs is 1. The van der Waals surface area contributed by atoms with Gasteiger partial charge in [-0.3, -0.25) is 4.79 Å². The van der Waals surface area contributed by atoms with Gasteiger partial charge in [-0.15, -0.1) is 0 Å². The standard InChI is InChI=1S/C17H14F3NO4/c18-17(19,20)11-2-1-3-12(8-11)21-16(22)10-25-13-4-5-14-15(9-13)24-7-6-23-14/h1-5,8-9H,6-7,10H2,(H,21,22). The normalized spacial score (nSPS) is 13.2. The van der Waals surface area contributed by atoms with Crippen LogP contribution in [0.15, 0.2) is 42.5 Å². The van der Waals surface area contributed by atoms with Crippen molar-refractivity contribution in [2.24, 2.45) is 0 Å². The molecule has 0 saturated heterocycles. The first-order valence-corrected chi connectivity index (χ1v) is 7.41. The Labute approximate surface area is 141 Å². The SMILES string of the molecule is O=C(COc1ccc2c(c1)OCCO2)Nc1cccc(C(F)(F)F)c1. The molecule has 8 heteroatoms. The van der Waals surface area contributed by atoms with E-state index >= 15 is 0 Å². The van der Waals surface area contributed by atoms with E-state index in [1.54, 1.807) is 18.2 Å². The molecule has 0 bridgehead atoms. The van der Waals surface area contributed by atoms with E-state index in [-0.39, 0.29) is 12.3 Å². The highest BCUT2D eigenvalue weighted by Gasteiger charge is 2.30. The summed E-state index contributed by atoms with van der Waals surface area (Å²) in [5.74, 6) is 0.923. The lowest BCUT2D eigenvalue weighted by molar-refractivity contribution is -0.137. The lowest BCUT2D eigenvalue weighted by Gasteiger charge is -2.18. The molecule has 2 aromatic carbocycles. The quantitative estimate of drug-likeness (QED) is 0.914. The molecule has 0 spiro atoms. The van der Waals surface area contributed by atoms with Crippen LogP contribution in [0.3, 0.4) is 0 Å². The van der Waals surface area contributed by atoms with Gasteiger partial charge in [-0.2, -0.15) is 13.2 Å². The third-order valence-corrected chi connectivity index (χ3v) is 3.36. The van der Waals surface area contributed by atoms with Crippen LogP contribution in [0.4, 0.5) is 18.9 Å². The molecule has 0 fully saturated rings. The average molecular weight is 353 g/mol. The first-order valence-electron chi connectivity index (χ1n) is 7.41. The number of carbonyl (C=O) groups excluding carboxylic acids is 1. The van der Waals surface area contributed by atoms with Crippen molar-refractivity contribution in [3.63, 3.8) is 0 Å². The number of hydrogen-bond donors (Lipinski definition) is 1. The summed E-state index contributed by atoms with van der Waals surface area (Å²) in [6.45, 7) is 0.537. The number of carbonyl (C=O) groups is 1. The summed E-state index contributed by atoms with van der Waals surface area (Å²) in [6.07, 6.45) is -4.47. The van der Waals surface area contributed by atoms with Crippen LogP contribution >= 0.6 is 0 Å². The minimum absolute atomic E-state index is 0.0469. The molecular formula is C17H14F3NO4. The summed E-state index contributed by atoms with van der Waals surface area (Å²) in [5, 5.41) is 2.37. The maximum Gasteiger partial charge on any atom is 0.416 e. The van der Waals surface area contributed by atoms with Crippen molar-refractivity contribution in [2.75, 3.05) is 25.1 Å². The third-order valence-electron chi connectivity index (χ3n) is 3.36. The Morgan fingerprint density at radius 2 is 1.84 bits per heavy atom. The first-order chi connectivity index (χ1) is 11.9. The molecule has 1 aliphatic heterocycles. The highest BCUT2D eigenvalue weighted by molar-refractivity contribution is 5.91. The van der Waals surface area contributed by atoms with Crippen LogP contribution < -0.4 is 19.5 Å². The zero-order valence-corrected chi connectivity index (χ0v) is 12.9. The van der Waals surface area contributed by atoms with Crippen molar-refractivity contribution < 1.29 is 32.2 Å². The Kier molecular flexibility index (Phi) is 4.69. The summed E-state index contributed by atoms with van der Waals surface area (Å²) < 4.78 is 54.1. The molecule has 5 nitrogen and oxygen atoms in total. The topological polar surface area (TPSA) is 56.8 Å². The van der Waals surface area contributed by atoms with Crippen molar-refractivity contribution in [1.82, 2.24) is 0 Å². The average Bonchev–Trinajstić information content (AvgIpc) is 2.59. The Morgan fingerprint density at radius 3 is 2.60 bits per heavy atom. The first kappa shape index (κ1) is 16.9. The van der Waals surface area contributed by atoms with Gasteiger partial charge in [-0.05, 0) is 30.3 Å². The number of amides is 1. The number of halogens is 3. The van der Waals surface area contributed by atoms with Crippen molar-refractivity contribution >= 4 is 11.6 Å². The van der Waals surface area contributed by atoms with E-state index in [2.05, 4.69) is 5.32 Å². The van der Waals surface area contributed by atoms with Crippen LogP contribution in [0.25, 0.3) is 0 Å². The fourth-order valence-electron chi connectivity index (χ4n) is 2.23. The van der Waals surface area contributed by atoms with Gasteiger partial charge < -0.3 is 19.5 Å². The van der Waals surface area contributed by atoms with Crippen LogP contribution in [0.2, 0.25) is 0 Å². The monoisotopic (exact) mass is 353 g/mol. The van der Waals surface area contributed by atoms with E-state index in [0.717, 1.165) is 12.1 Å². The minimum atomic E-state index is -4.47. The fourth-order valence-corrected chi connectivity index (χ4v) is 2.23. The van der Waals surface area contributed by atoms with Crippen LogP contribution in [-0.2, 0) is 11.0 Å². The molecule has 0 saturated carbocycles. The zero-order valence-electron chi connectivity index (χ0n) is 12.9. The molecule has 1 N–H and O–H groups in total. The van der Waals surface area contributed by atoms with Gasteiger partial charge in [0.15, 0.2) is 18.1 Å². The summed E-state index contributed by atoms with van der Waals surface area (Å²) in [6, 6.07) is 9.26. The van der Waals surface area contributed by atoms with Gasteiger partial charge in [0.05, 0.1) is 5.56 Å². The lowest BCUT2D eigenvalue weighted by Crippen LogP contribution is -2.20. The second-order valence-corrected chi connectivity index (χ2v) is 5.22. The van der Waals surface area contributed by atoms with Crippen molar-refractivity contribution in [2.45, 2.75) is 6.18 Å². The lowest BCUT2D eigenvalue weighted by atomic mass is 10.2. The highest BCUT2D eigenvalue weighted by Crippen LogP contribution is 2.33. The van der Waals surface area contributed by atoms with Gasteiger partial charge in [0.25, 0.3) is 5.91 Å². The van der Waals surface area contributed by atoms with Gasteiger partial charge >= 0.3 is 6.18 Å². The molecule has 0 aliphatic carbocycles. The van der Waals surface area contributed by atoms with Crippen molar-refractivity contribution in [1.29, 1.82) is 0 Å². The second kappa shape index (κ2) is 6.92. The summed E-state index contributed by atoms with van der Waals surface area (Å²) in [7, 11) is 0. The number of ether oxygens (including phenoxy) is 3. The Bertz CT molecular complexity index is 777. The number of alkyl halides is 3. The minimum Gasteiger partial charge on any atom is -0.486 e. The molecule has 0 radical (unpaired) electrons. The molecule has 1 heterocycles. The number of rotatable bonds is 4. The van der Waals surface area contributed by atoms with Gasteiger partial charge in [-0.1, -0.05) is 6.07 Å². The number of hydrogen-bond acceptors (Lipinski definition) is 4. The van der Waals surface area contributed by atoms with E-state index in [9.17, 15) is 18.0 Å². The van der Waals surface area contributed by atoms with Crippen LogP contribution in [0.1, 0.15) is 5.56 Å². The number of nitrogens with one attached hydrogen (secondary N) is 1. The molecule has 25 heavy (non-hydrogen) atoms. The molecular weight excluding hydrogens is 339 g/mol. The van der Waals surface area contributed by atoms with Crippen LogP contribution in [0.5, 0.6) is 17.2 Å². The van der Waals surface area contributed by atoms with E-state index in [1.165, 1.54) is 12.1 Å². The summed E-state index contributed by atoms with van der Waals surface area (Å²) >= 11 is 0. The maximum atomic E-state index is 12.7. The smallest absolute Gasteiger partial charge is 0.416 e. The molecule has 1 aliphatic rings. The van der Waals surface area contributed by atoms with E-state index < -0.39 is 17.6 Å². The molecule has 0 aromatic heterocycles. The van der Waals surface area contributed by atoms with Crippen LogP contribution in [0, 0.1) is 0 Å². The second-order valence-electron chi connectivity index (χ2n) is 5.22. The fraction of sp³-hybridized carbons (Fsp3) is 0.235.